The van der Waals surface area contributed by atoms with Crippen molar-refractivity contribution < 1.29 is 22.7 Å². The second-order valence-electron chi connectivity index (χ2n) is 5.26. The Morgan fingerprint density at radius 2 is 1.92 bits per heavy atom. The van der Waals surface area contributed by atoms with Crippen molar-refractivity contribution in [1.29, 1.82) is 0 Å². The topological polar surface area (TPSA) is 102 Å². The highest BCUT2D eigenvalue weighted by Gasteiger charge is 2.23. The van der Waals surface area contributed by atoms with Crippen LogP contribution in [0.1, 0.15) is 11.8 Å². The molecule has 0 saturated heterocycles. The minimum absolute atomic E-state index is 0.0322. The molecule has 0 aliphatic carbocycles. The Hall–Kier alpha value is -1.94. The summed E-state index contributed by atoms with van der Waals surface area (Å²) in [7, 11) is -3.91. The molecule has 0 aliphatic rings. The van der Waals surface area contributed by atoms with Crippen LogP contribution in [0, 0.1) is 0 Å². The van der Waals surface area contributed by atoms with Crippen LogP contribution in [0.2, 0.25) is 5.02 Å². The summed E-state index contributed by atoms with van der Waals surface area (Å²) in [6.45, 7) is 1.18. The molecule has 1 aromatic carbocycles. The number of carbonyl (C=O) groups excluding carboxylic acids is 2. The Bertz CT molecular complexity index is 851. The second-order valence-corrected chi connectivity index (χ2v) is 8.44. The normalized spacial score (nSPS) is 12.4. The van der Waals surface area contributed by atoms with Gasteiger partial charge in [-0.25, -0.2) is 8.42 Å². The van der Waals surface area contributed by atoms with Gasteiger partial charge in [0.15, 0.2) is 6.61 Å². The standard InChI is InChI=1S/C16H17ClN2O5S2/c1-11(19-26(22,23)14-6-4-12(17)5-7-14)16(21)24-10-15(20)18-9-13-3-2-8-25-13/h2-8,11,19H,9-10H2,1H3,(H,18,20)/t11-/m0/s1. The molecule has 1 aromatic heterocycles. The molecule has 0 saturated carbocycles. The average molecular weight is 417 g/mol. The summed E-state index contributed by atoms with van der Waals surface area (Å²) >= 11 is 7.21. The highest BCUT2D eigenvalue weighted by atomic mass is 35.5. The van der Waals surface area contributed by atoms with Gasteiger partial charge < -0.3 is 10.1 Å². The van der Waals surface area contributed by atoms with Crippen LogP contribution in [0.3, 0.4) is 0 Å². The fourth-order valence-electron chi connectivity index (χ4n) is 1.87. The molecule has 1 heterocycles. The van der Waals surface area contributed by atoms with Crippen LogP contribution >= 0.6 is 22.9 Å². The minimum atomic E-state index is -3.91. The van der Waals surface area contributed by atoms with Crippen molar-refractivity contribution in [3.63, 3.8) is 0 Å². The Morgan fingerprint density at radius 1 is 1.23 bits per heavy atom. The summed E-state index contributed by atoms with van der Waals surface area (Å²) in [6, 6.07) is 8.07. The predicted octanol–water partition coefficient (Wildman–Crippen LogP) is 1.93. The molecule has 0 bridgehead atoms. The lowest BCUT2D eigenvalue weighted by Gasteiger charge is -2.13. The van der Waals surface area contributed by atoms with Gasteiger partial charge in [0.2, 0.25) is 10.0 Å². The molecule has 0 spiro atoms. The first-order valence-corrected chi connectivity index (χ1v) is 10.3. The van der Waals surface area contributed by atoms with Crippen LogP contribution in [0.4, 0.5) is 0 Å². The third-order valence-corrected chi connectivity index (χ3v) is 5.88. The zero-order valence-electron chi connectivity index (χ0n) is 13.8. The van der Waals surface area contributed by atoms with Crippen molar-refractivity contribution in [2.24, 2.45) is 0 Å². The van der Waals surface area contributed by atoms with Gasteiger partial charge in [-0.15, -0.1) is 11.3 Å². The van der Waals surface area contributed by atoms with E-state index in [-0.39, 0.29) is 4.90 Å². The molecule has 0 aliphatic heterocycles. The van der Waals surface area contributed by atoms with E-state index in [2.05, 4.69) is 10.0 Å². The lowest BCUT2D eigenvalue weighted by Crippen LogP contribution is -2.40. The first kappa shape index (κ1) is 20.4. The minimum Gasteiger partial charge on any atom is -0.454 e. The summed E-state index contributed by atoms with van der Waals surface area (Å²) in [5.41, 5.74) is 0. The molecule has 10 heteroatoms. The zero-order chi connectivity index (χ0) is 19.2. The maximum Gasteiger partial charge on any atom is 0.324 e. The van der Waals surface area contributed by atoms with Crippen molar-refractivity contribution in [1.82, 2.24) is 10.0 Å². The number of benzene rings is 1. The average Bonchev–Trinajstić information content (AvgIpc) is 3.11. The van der Waals surface area contributed by atoms with Crippen molar-refractivity contribution in [3.05, 3.63) is 51.7 Å². The van der Waals surface area contributed by atoms with Gasteiger partial charge >= 0.3 is 5.97 Å². The number of amides is 1. The van der Waals surface area contributed by atoms with Gasteiger partial charge in [-0.3, -0.25) is 9.59 Å². The van der Waals surface area contributed by atoms with Gasteiger partial charge in [-0.2, -0.15) is 4.72 Å². The maximum absolute atomic E-state index is 12.2. The molecular weight excluding hydrogens is 400 g/mol. The summed E-state index contributed by atoms with van der Waals surface area (Å²) in [5.74, 6) is -1.33. The molecule has 7 nitrogen and oxygen atoms in total. The second kappa shape index (κ2) is 9.13. The molecule has 0 radical (unpaired) electrons. The smallest absolute Gasteiger partial charge is 0.324 e. The summed E-state index contributed by atoms with van der Waals surface area (Å²) < 4.78 is 31.4. The summed E-state index contributed by atoms with van der Waals surface area (Å²) in [5, 5.41) is 4.88. The highest BCUT2D eigenvalue weighted by Crippen LogP contribution is 2.14. The summed E-state index contributed by atoms with van der Waals surface area (Å²) in [6.07, 6.45) is 0. The number of halogens is 1. The van der Waals surface area contributed by atoms with E-state index >= 15 is 0 Å². The number of ether oxygens (including phenoxy) is 1. The van der Waals surface area contributed by atoms with E-state index in [0.29, 0.717) is 11.6 Å². The van der Waals surface area contributed by atoms with Crippen molar-refractivity contribution in [2.75, 3.05) is 6.61 Å². The first-order chi connectivity index (χ1) is 12.3. The summed E-state index contributed by atoms with van der Waals surface area (Å²) in [4.78, 5) is 24.5. The Balaban J connectivity index is 1.81. The number of thiophene rings is 1. The number of carbonyl (C=O) groups is 2. The Labute approximate surface area is 160 Å². The first-order valence-electron chi connectivity index (χ1n) is 7.51. The number of sulfonamides is 1. The number of esters is 1. The van der Waals surface area contributed by atoms with Gasteiger partial charge in [0.25, 0.3) is 5.91 Å². The third-order valence-electron chi connectivity index (χ3n) is 3.19. The Kier molecular flexibility index (Phi) is 7.15. The van der Waals surface area contributed by atoms with Crippen molar-refractivity contribution in [2.45, 2.75) is 24.4 Å². The van der Waals surface area contributed by atoms with Crippen molar-refractivity contribution in [3.8, 4) is 0 Å². The Morgan fingerprint density at radius 3 is 2.54 bits per heavy atom. The molecule has 1 amide bonds. The van der Waals surface area contributed by atoms with Gasteiger partial charge in [0, 0.05) is 9.90 Å². The lowest BCUT2D eigenvalue weighted by atomic mass is 10.4. The molecule has 26 heavy (non-hydrogen) atoms. The molecule has 1 atom stereocenters. The fourth-order valence-corrected chi connectivity index (χ4v) is 3.84. The van der Waals surface area contributed by atoms with Crippen LogP contribution in [-0.4, -0.2) is 32.9 Å². The largest absolute Gasteiger partial charge is 0.454 e. The van der Waals surface area contributed by atoms with Gasteiger partial charge in [-0.1, -0.05) is 17.7 Å². The van der Waals surface area contributed by atoms with Crippen LogP contribution in [0.5, 0.6) is 0 Å². The lowest BCUT2D eigenvalue weighted by molar-refractivity contribution is -0.149. The quantitative estimate of drug-likeness (QED) is 0.640. The number of hydrogen-bond acceptors (Lipinski definition) is 6. The van der Waals surface area contributed by atoms with Crippen LogP contribution in [0.25, 0.3) is 0 Å². The van der Waals surface area contributed by atoms with Crippen LogP contribution in [0.15, 0.2) is 46.7 Å². The van der Waals surface area contributed by atoms with E-state index in [1.54, 1.807) is 0 Å². The van der Waals surface area contributed by atoms with Gasteiger partial charge in [0.1, 0.15) is 6.04 Å². The van der Waals surface area contributed by atoms with E-state index in [4.69, 9.17) is 16.3 Å². The van der Waals surface area contributed by atoms with E-state index in [1.807, 2.05) is 17.5 Å². The molecule has 140 valence electrons. The number of nitrogens with one attached hydrogen (secondary N) is 2. The van der Waals surface area contributed by atoms with Crippen LogP contribution < -0.4 is 10.0 Å². The monoisotopic (exact) mass is 416 g/mol. The van der Waals surface area contributed by atoms with E-state index in [0.717, 1.165) is 4.88 Å². The van der Waals surface area contributed by atoms with E-state index in [9.17, 15) is 18.0 Å². The van der Waals surface area contributed by atoms with E-state index in [1.165, 1.54) is 42.5 Å². The molecule has 2 rings (SSSR count). The fraction of sp³-hybridized carbons (Fsp3) is 0.250. The van der Waals surface area contributed by atoms with Crippen molar-refractivity contribution >= 4 is 44.8 Å². The molecular formula is C16H17ClN2O5S2. The SMILES string of the molecule is C[C@H](NS(=O)(=O)c1ccc(Cl)cc1)C(=O)OCC(=O)NCc1cccs1. The number of hydrogen-bond donors (Lipinski definition) is 2. The number of rotatable bonds is 8. The van der Waals surface area contributed by atoms with Gasteiger partial charge in [0.05, 0.1) is 11.4 Å². The van der Waals surface area contributed by atoms with E-state index < -0.39 is 34.5 Å². The maximum atomic E-state index is 12.2. The van der Waals surface area contributed by atoms with Gasteiger partial charge in [-0.05, 0) is 42.6 Å². The molecule has 0 unspecified atom stereocenters. The molecule has 0 fully saturated rings. The molecule has 2 N–H and O–H groups in total. The van der Waals surface area contributed by atoms with Crippen LogP contribution in [-0.2, 0) is 30.9 Å². The predicted molar refractivity (Wildman–Crippen MR) is 98.4 cm³/mol. The molecule has 2 aromatic rings. The third kappa shape index (κ3) is 6.10. The zero-order valence-corrected chi connectivity index (χ0v) is 16.2. The highest BCUT2D eigenvalue weighted by molar-refractivity contribution is 7.89.